The first-order valence-electron chi connectivity index (χ1n) is 9.59. The smallest absolute Gasteiger partial charge is 0.322 e. The Morgan fingerprint density at radius 1 is 1.10 bits per heavy atom. The van der Waals surface area contributed by atoms with E-state index in [-0.39, 0.29) is 6.03 Å². The Labute approximate surface area is 168 Å². The molecule has 1 aromatic carbocycles. The Kier molecular flexibility index (Phi) is 5.55. The molecule has 1 N–H and O–H groups in total. The normalized spacial score (nSPS) is 14.0. The summed E-state index contributed by atoms with van der Waals surface area (Å²) in [7, 11) is 0. The molecule has 1 fully saturated rings. The average molecular weight is 393 g/mol. The lowest BCUT2D eigenvalue weighted by atomic mass is 10.3. The van der Waals surface area contributed by atoms with Gasteiger partial charge in [-0.2, -0.15) is 5.10 Å². The molecule has 29 heavy (non-hydrogen) atoms. The number of carbonyl (C=O) groups is 1. The lowest BCUT2D eigenvalue weighted by Gasteiger charge is -2.35. The predicted molar refractivity (Wildman–Crippen MR) is 110 cm³/mol. The molecule has 3 heterocycles. The Bertz CT molecular complexity index is 953. The fraction of sp³-hybridized carbons (Fsp3) is 0.300. The number of benzene rings is 1. The van der Waals surface area contributed by atoms with Gasteiger partial charge in [-0.3, -0.25) is 0 Å². The highest BCUT2D eigenvalue weighted by atomic mass is 16.5. The zero-order valence-corrected chi connectivity index (χ0v) is 16.2. The van der Waals surface area contributed by atoms with Crippen LogP contribution >= 0.6 is 0 Å². The number of rotatable bonds is 5. The molecule has 4 rings (SSSR count). The number of anilines is 2. The lowest BCUT2D eigenvalue weighted by Crippen LogP contribution is -2.50. The molecule has 0 unspecified atom stereocenters. The van der Waals surface area contributed by atoms with Crippen LogP contribution in [-0.2, 0) is 0 Å². The quantitative estimate of drug-likeness (QED) is 0.716. The first-order chi connectivity index (χ1) is 14.2. The van der Waals surface area contributed by atoms with Crippen LogP contribution in [0.1, 0.15) is 6.92 Å². The summed E-state index contributed by atoms with van der Waals surface area (Å²) >= 11 is 0. The summed E-state index contributed by atoms with van der Waals surface area (Å²) in [6.45, 7) is 5.05. The van der Waals surface area contributed by atoms with Crippen molar-refractivity contribution in [2.75, 3.05) is 43.0 Å². The van der Waals surface area contributed by atoms with Gasteiger partial charge < -0.3 is 19.9 Å². The second kappa shape index (κ2) is 8.59. The molecule has 2 amide bonds. The molecule has 0 spiro atoms. The van der Waals surface area contributed by atoms with Crippen molar-refractivity contribution in [3.8, 4) is 11.6 Å². The third kappa shape index (κ3) is 4.29. The van der Waals surface area contributed by atoms with Crippen LogP contribution in [0.4, 0.5) is 16.3 Å². The minimum absolute atomic E-state index is 0.128. The van der Waals surface area contributed by atoms with E-state index >= 15 is 0 Å². The Morgan fingerprint density at radius 3 is 2.66 bits per heavy atom. The van der Waals surface area contributed by atoms with Crippen molar-refractivity contribution in [1.82, 2.24) is 24.6 Å². The minimum Gasteiger partial charge on any atom is -0.492 e. The largest absolute Gasteiger partial charge is 0.492 e. The van der Waals surface area contributed by atoms with Gasteiger partial charge in [0.25, 0.3) is 0 Å². The number of para-hydroxylation sites is 2. The summed E-state index contributed by atoms with van der Waals surface area (Å²) in [5.41, 5.74) is 0.682. The monoisotopic (exact) mass is 393 g/mol. The first kappa shape index (κ1) is 18.7. The van der Waals surface area contributed by atoms with Gasteiger partial charge in [0, 0.05) is 44.6 Å². The van der Waals surface area contributed by atoms with E-state index < -0.39 is 0 Å². The number of amides is 2. The van der Waals surface area contributed by atoms with E-state index in [1.54, 1.807) is 15.8 Å². The van der Waals surface area contributed by atoms with Gasteiger partial charge in [0.1, 0.15) is 17.9 Å². The first-order valence-corrected chi connectivity index (χ1v) is 9.59. The fourth-order valence-corrected chi connectivity index (χ4v) is 3.22. The van der Waals surface area contributed by atoms with Crippen LogP contribution in [0.2, 0.25) is 0 Å². The summed E-state index contributed by atoms with van der Waals surface area (Å²) in [5, 5.41) is 7.16. The highest BCUT2D eigenvalue weighted by molar-refractivity contribution is 5.91. The molecule has 9 heteroatoms. The van der Waals surface area contributed by atoms with Gasteiger partial charge in [-0.05, 0) is 25.1 Å². The Balaban J connectivity index is 1.37. The SMILES string of the molecule is CCOc1ccccc1NC(=O)N1CCN(c2cc(-n3cccn3)ncn2)CC1. The number of piperazine rings is 1. The topological polar surface area (TPSA) is 88.4 Å². The number of hydrogen-bond donors (Lipinski definition) is 1. The molecule has 0 bridgehead atoms. The summed E-state index contributed by atoms with van der Waals surface area (Å²) in [5.74, 6) is 2.22. The Hall–Kier alpha value is -3.62. The number of urea groups is 1. The second-order valence-electron chi connectivity index (χ2n) is 6.52. The summed E-state index contributed by atoms with van der Waals surface area (Å²) in [6, 6.07) is 11.1. The van der Waals surface area contributed by atoms with E-state index in [0.29, 0.717) is 50.0 Å². The van der Waals surface area contributed by atoms with Gasteiger partial charge >= 0.3 is 6.03 Å². The zero-order chi connectivity index (χ0) is 20.1. The standard InChI is InChI=1S/C20H23N7O2/c1-2-29-17-7-4-3-6-16(17)24-20(28)26-12-10-25(11-13-26)18-14-19(22-15-21-18)27-9-5-8-23-27/h3-9,14-15H,2,10-13H2,1H3,(H,24,28). The van der Waals surface area contributed by atoms with Crippen LogP contribution in [0.15, 0.2) is 55.1 Å². The van der Waals surface area contributed by atoms with Crippen molar-refractivity contribution < 1.29 is 9.53 Å². The van der Waals surface area contributed by atoms with Crippen LogP contribution in [0, 0.1) is 0 Å². The van der Waals surface area contributed by atoms with E-state index in [0.717, 1.165) is 5.82 Å². The number of aromatic nitrogens is 4. The van der Waals surface area contributed by atoms with Crippen LogP contribution < -0.4 is 15.0 Å². The molecule has 0 radical (unpaired) electrons. The molecular weight excluding hydrogens is 370 g/mol. The minimum atomic E-state index is -0.128. The molecule has 0 aliphatic carbocycles. The third-order valence-corrected chi connectivity index (χ3v) is 4.70. The van der Waals surface area contributed by atoms with Crippen molar-refractivity contribution in [2.24, 2.45) is 0 Å². The number of carbonyl (C=O) groups excluding carboxylic acids is 1. The van der Waals surface area contributed by atoms with Gasteiger partial charge in [-0.15, -0.1) is 0 Å². The molecule has 3 aromatic rings. The summed E-state index contributed by atoms with van der Waals surface area (Å²) in [4.78, 5) is 25.3. The molecule has 2 aromatic heterocycles. The lowest BCUT2D eigenvalue weighted by molar-refractivity contribution is 0.208. The predicted octanol–water partition coefficient (Wildman–Crippen LogP) is 2.42. The molecule has 9 nitrogen and oxygen atoms in total. The van der Waals surface area contributed by atoms with E-state index in [1.807, 2.05) is 49.5 Å². The molecule has 1 aliphatic heterocycles. The molecule has 1 aliphatic rings. The fourth-order valence-electron chi connectivity index (χ4n) is 3.22. The van der Waals surface area contributed by atoms with Gasteiger partial charge in [0.2, 0.25) is 0 Å². The molecule has 0 atom stereocenters. The number of hydrogen-bond acceptors (Lipinski definition) is 6. The summed E-state index contributed by atoms with van der Waals surface area (Å²) in [6.07, 6.45) is 5.09. The van der Waals surface area contributed by atoms with Gasteiger partial charge in [-0.1, -0.05) is 12.1 Å². The van der Waals surface area contributed by atoms with Crippen LogP contribution in [0.25, 0.3) is 5.82 Å². The van der Waals surface area contributed by atoms with Crippen molar-refractivity contribution >= 4 is 17.5 Å². The highest BCUT2D eigenvalue weighted by Gasteiger charge is 2.23. The zero-order valence-electron chi connectivity index (χ0n) is 16.2. The average Bonchev–Trinajstić information content (AvgIpc) is 3.31. The number of nitrogens with zero attached hydrogens (tertiary/aromatic N) is 6. The molecule has 0 saturated carbocycles. The Morgan fingerprint density at radius 2 is 1.90 bits per heavy atom. The van der Waals surface area contributed by atoms with Gasteiger partial charge in [0.15, 0.2) is 5.82 Å². The van der Waals surface area contributed by atoms with Gasteiger partial charge in [0.05, 0.1) is 12.3 Å². The maximum absolute atomic E-state index is 12.7. The van der Waals surface area contributed by atoms with Crippen molar-refractivity contribution in [2.45, 2.75) is 6.92 Å². The van der Waals surface area contributed by atoms with E-state index in [9.17, 15) is 4.79 Å². The number of nitrogens with one attached hydrogen (secondary N) is 1. The molecular formula is C20H23N7O2. The van der Waals surface area contributed by atoms with Crippen LogP contribution in [0.5, 0.6) is 5.75 Å². The summed E-state index contributed by atoms with van der Waals surface area (Å²) < 4.78 is 7.28. The van der Waals surface area contributed by atoms with Gasteiger partial charge in [-0.25, -0.2) is 19.4 Å². The maximum atomic E-state index is 12.7. The van der Waals surface area contributed by atoms with Crippen molar-refractivity contribution in [3.63, 3.8) is 0 Å². The highest BCUT2D eigenvalue weighted by Crippen LogP contribution is 2.24. The molecule has 150 valence electrons. The van der Waals surface area contributed by atoms with E-state index in [4.69, 9.17) is 4.74 Å². The third-order valence-electron chi connectivity index (χ3n) is 4.70. The van der Waals surface area contributed by atoms with Crippen molar-refractivity contribution in [1.29, 1.82) is 0 Å². The maximum Gasteiger partial charge on any atom is 0.322 e. The molecule has 1 saturated heterocycles. The van der Waals surface area contributed by atoms with E-state index in [1.165, 1.54) is 6.33 Å². The van der Waals surface area contributed by atoms with Crippen LogP contribution in [-0.4, -0.2) is 63.5 Å². The van der Waals surface area contributed by atoms with Crippen LogP contribution in [0.3, 0.4) is 0 Å². The number of ether oxygens (including phenoxy) is 1. The van der Waals surface area contributed by atoms with E-state index in [2.05, 4.69) is 25.3 Å². The van der Waals surface area contributed by atoms with Crippen molar-refractivity contribution in [3.05, 3.63) is 55.1 Å². The second-order valence-corrected chi connectivity index (χ2v) is 6.52.